The molecule has 1 N–H and O–H groups in total. The molecule has 0 radical (unpaired) electrons. The lowest BCUT2D eigenvalue weighted by Gasteiger charge is -2.07. The van der Waals surface area contributed by atoms with Gasteiger partial charge < -0.3 is 5.32 Å². The number of nitro groups is 1. The standard InChI is InChI=1S/C12H9ClFN3O2/c1-15-11-5-4-10(17(18)19)12(16-11)8-3-2-7(14)6-9(8)13/h2-6H,1H3,(H,15,16). The molecule has 2 rings (SSSR count). The summed E-state index contributed by atoms with van der Waals surface area (Å²) in [4.78, 5) is 14.6. The van der Waals surface area contributed by atoms with E-state index in [1.165, 1.54) is 24.3 Å². The van der Waals surface area contributed by atoms with E-state index in [9.17, 15) is 14.5 Å². The minimum Gasteiger partial charge on any atom is -0.373 e. The van der Waals surface area contributed by atoms with Gasteiger partial charge in [-0.1, -0.05) is 11.6 Å². The summed E-state index contributed by atoms with van der Waals surface area (Å²) in [5.74, 6) is -0.0536. The van der Waals surface area contributed by atoms with Gasteiger partial charge in [-0.2, -0.15) is 0 Å². The molecule has 5 nitrogen and oxygen atoms in total. The molecule has 98 valence electrons. The quantitative estimate of drug-likeness (QED) is 0.691. The van der Waals surface area contributed by atoms with Gasteiger partial charge in [-0.25, -0.2) is 9.37 Å². The molecule has 7 heteroatoms. The van der Waals surface area contributed by atoms with Crippen LogP contribution in [0.25, 0.3) is 11.3 Å². The Labute approximate surface area is 113 Å². The molecule has 0 unspecified atom stereocenters. The van der Waals surface area contributed by atoms with Crippen LogP contribution in [0, 0.1) is 15.9 Å². The summed E-state index contributed by atoms with van der Waals surface area (Å²) in [6, 6.07) is 6.45. The minimum absolute atomic E-state index is 0.0730. The number of aromatic nitrogens is 1. The van der Waals surface area contributed by atoms with Crippen LogP contribution in [-0.2, 0) is 0 Å². The highest BCUT2D eigenvalue weighted by Gasteiger charge is 2.19. The number of anilines is 1. The molecule has 0 atom stereocenters. The van der Waals surface area contributed by atoms with Gasteiger partial charge >= 0.3 is 0 Å². The monoisotopic (exact) mass is 281 g/mol. The third-order valence-electron chi connectivity index (χ3n) is 2.51. The summed E-state index contributed by atoms with van der Waals surface area (Å²) in [6.07, 6.45) is 0. The van der Waals surface area contributed by atoms with Crippen molar-refractivity contribution in [3.63, 3.8) is 0 Å². The molecule has 0 spiro atoms. The number of halogens is 2. The van der Waals surface area contributed by atoms with Gasteiger partial charge in [0.25, 0.3) is 5.69 Å². The van der Waals surface area contributed by atoms with Crippen LogP contribution in [0.15, 0.2) is 30.3 Å². The predicted molar refractivity (Wildman–Crippen MR) is 70.8 cm³/mol. The van der Waals surface area contributed by atoms with Crippen molar-refractivity contribution in [3.8, 4) is 11.3 Å². The van der Waals surface area contributed by atoms with Gasteiger partial charge in [0, 0.05) is 18.7 Å². The van der Waals surface area contributed by atoms with Gasteiger partial charge in [-0.05, 0) is 24.3 Å². The molecule has 1 heterocycles. The highest BCUT2D eigenvalue weighted by molar-refractivity contribution is 6.33. The van der Waals surface area contributed by atoms with Crippen LogP contribution < -0.4 is 5.32 Å². The smallest absolute Gasteiger partial charge is 0.295 e. The van der Waals surface area contributed by atoms with E-state index in [0.29, 0.717) is 11.4 Å². The van der Waals surface area contributed by atoms with E-state index in [0.717, 1.165) is 6.07 Å². The number of nitrogens with one attached hydrogen (secondary N) is 1. The lowest BCUT2D eigenvalue weighted by atomic mass is 10.1. The average molecular weight is 282 g/mol. The first kappa shape index (κ1) is 13.2. The van der Waals surface area contributed by atoms with E-state index in [2.05, 4.69) is 10.3 Å². The second-order valence-electron chi connectivity index (χ2n) is 3.70. The van der Waals surface area contributed by atoms with Crippen molar-refractivity contribution >= 4 is 23.1 Å². The molecule has 19 heavy (non-hydrogen) atoms. The van der Waals surface area contributed by atoms with Gasteiger partial charge in [-0.15, -0.1) is 0 Å². The number of rotatable bonds is 3. The molecule has 0 amide bonds. The van der Waals surface area contributed by atoms with Gasteiger partial charge in [0.05, 0.1) is 9.95 Å². The van der Waals surface area contributed by atoms with E-state index in [1.807, 2.05) is 0 Å². The van der Waals surface area contributed by atoms with Gasteiger partial charge in [-0.3, -0.25) is 10.1 Å². The van der Waals surface area contributed by atoms with E-state index >= 15 is 0 Å². The van der Waals surface area contributed by atoms with Crippen molar-refractivity contribution in [1.29, 1.82) is 0 Å². The average Bonchev–Trinajstić information content (AvgIpc) is 2.38. The molecule has 0 saturated carbocycles. The van der Waals surface area contributed by atoms with E-state index in [4.69, 9.17) is 11.6 Å². The topological polar surface area (TPSA) is 68.1 Å². The molecular weight excluding hydrogens is 273 g/mol. The second kappa shape index (κ2) is 5.19. The Bertz CT molecular complexity index is 649. The van der Waals surface area contributed by atoms with Crippen molar-refractivity contribution in [2.24, 2.45) is 0 Å². The van der Waals surface area contributed by atoms with Gasteiger partial charge in [0.1, 0.15) is 11.6 Å². The predicted octanol–water partition coefficient (Wildman–Crippen LogP) is 3.49. The third-order valence-corrected chi connectivity index (χ3v) is 2.83. The van der Waals surface area contributed by atoms with Crippen LogP contribution in [0.1, 0.15) is 0 Å². The lowest BCUT2D eigenvalue weighted by Crippen LogP contribution is -1.99. The summed E-state index contributed by atoms with van der Waals surface area (Å²) in [5.41, 5.74) is 0.223. The number of nitrogens with zero attached hydrogens (tertiary/aromatic N) is 2. The maximum atomic E-state index is 13.0. The fraction of sp³-hybridized carbons (Fsp3) is 0.0833. The van der Waals surface area contributed by atoms with Crippen molar-refractivity contribution in [2.75, 3.05) is 12.4 Å². The van der Waals surface area contributed by atoms with E-state index in [-0.39, 0.29) is 16.4 Å². The van der Waals surface area contributed by atoms with E-state index < -0.39 is 10.7 Å². The van der Waals surface area contributed by atoms with Gasteiger partial charge in [0.2, 0.25) is 0 Å². The van der Waals surface area contributed by atoms with Crippen molar-refractivity contribution < 1.29 is 9.31 Å². The zero-order chi connectivity index (χ0) is 14.0. The highest BCUT2D eigenvalue weighted by Crippen LogP contribution is 2.34. The fourth-order valence-electron chi connectivity index (χ4n) is 1.62. The molecular formula is C12H9ClFN3O2. The van der Waals surface area contributed by atoms with Crippen LogP contribution in [0.2, 0.25) is 5.02 Å². The molecule has 2 aromatic rings. The Balaban J connectivity index is 2.68. The molecule has 0 aliphatic rings. The van der Waals surface area contributed by atoms with Crippen LogP contribution in [-0.4, -0.2) is 17.0 Å². The summed E-state index contributed by atoms with van der Waals surface area (Å²) in [7, 11) is 1.64. The van der Waals surface area contributed by atoms with Crippen LogP contribution in [0.3, 0.4) is 0 Å². The molecule has 0 fully saturated rings. The Kier molecular flexibility index (Phi) is 3.62. The Morgan fingerprint density at radius 3 is 2.68 bits per heavy atom. The van der Waals surface area contributed by atoms with Crippen LogP contribution in [0.5, 0.6) is 0 Å². The molecule has 0 aliphatic carbocycles. The molecule has 1 aromatic carbocycles. The number of hydrogen-bond donors (Lipinski definition) is 1. The minimum atomic E-state index is -0.554. The molecule has 1 aromatic heterocycles. The first-order chi connectivity index (χ1) is 9.02. The Hall–Kier alpha value is -2.21. The van der Waals surface area contributed by atoms with Crippen LogP contribution >= 0.6 is 11.6 Å². The van der Waals surface area contributed by atoms with Crippen molar-refractivity contribution in [3.05, 3.63) is 51.3 Å². The SMILES string of the molecule is CNc1ccc([N+](=O)[O-])c(-c2ccc(F)cc2Cl)n1. The summed E-state index contributed by atoms with van der Waals surface area (Å²) < 4.78 is 13.0. The third kappa shape index (κ3) is 2.63. The summed E-state index contributed by atoms with van der Waals surface area (Å²) in [5, 5.41) is 13.9. The molecule has 0 aliphatic heterocycles. The molecule has 0 bridgehead atoms. The number of pyridine rings is 1. The number of benzene rings is 1. The molecule has 0 saturated heterocycles. The lowest BCUT2D eigenvalue weighted by molar-refractivity contribution is -0.384. The van der Waals surface area contributed by atoms with E-state index in [1.54, 1.807) is 7.05 Å². The normalized spacial score (nSPS) is 10.3. The number of hydrogen-bond acceptors (Lipinski definition) is 4. The van der Waals surface area contributed by atoms with Crippen molar-refractivity contribution in [1.82, 2.24) is 4.98 Å². The highest BCUT2D eigenvalue weighted by atomic mass is 35.5. The maximum absolute atomic E-state index is 13.0. The first-order valence-electron chi connectivity index (χ1n) is 5.31. The fourth-order valence-corrected chi connectivity index (χ4v) is 1.87. The van der Waals surface area contributed by atoms with Crippen molar-refractivity contribution in [2.45, 2.75) is 0 Å². The largest absolute Gasteiger partial charge is 0.373 e. The van der Waals surface area contributed by atoms with Crippen LogP contribution in [0.4, 0.5) is 15.9 Å². The zero-order valence-corrected chi connectivity index (χ0v) is 10.6. The summed E-state index contributed by atoms with van der Waals surface area (Å²) >= 11 is 5.91. The first-order valence-corrected chi connectivity index (χ1v) is 5.69. The Morgan fingerprint density at radius 1 is 1.37 bits per heavy atom. The van der Waals surface area contributed by atoms with Gasteiger partial charge in [0.15, 0.2) is 5.69 Å². The maximum Gasteiger partial charge on any atom is 0.295 e. The zero-order valence-electron chi connectivity index (χ0n) is 9.85. The Morgan fingerprint density at radius 2 is 2.11 bits per heavy atom. The summed E-state index contributed by atoms with van der Waals surface area (Å²) in [6.45, 7) is 0. The second-order valence-corrected chi connectivity index (χ2v) is 4.10.